The molecule has 0 saturated carbocycles. The fourth-order valence-corrected chi connectivity index (χ4v) is 1.81. The van der Waals surface area contributed by atoms with Crippen molar-refractivity contribution in [2.45, 2.75) is 25.9 Å². The van der Waals surface area contributed by atoms with E-state index in [1.807, 2.05) is 6.92 Å². The highest BCUT2D eigenvalue weighted by molar-refractivity contribution is 5.81. The fourth-order valence-electron chi connectivity index (χ4n) is 1.81. The molecule has 0 heterocycles. The molecule has 0 bridgehead atoms. The summed E-state index contributed by atoms with van der Waals surface area (Å²) in [4.78, 5) is 13.2. The van der Waals surface area contributed by atoms with Crippen LogP contribution in [0.2, 0.25) is 0 Å². The van der Waals surface area contributed by atoms with Gasteiger partial charge in [-0.3, -0.25) is 10.1 Å². The molecule has 0 aromatic heterocycles. The minimum absolute atomic E-state index is 0.0403. The zero-order valence-electron chi connectivity index (χ0n) is 11.1. The van der Waals surface area contributed by atoms with Crippen LogP contribution < -0.4 is 5.32 Å². The Morgan fingerprint density at radius 2 is 1.89 bits per heavy atom. The van der Waals surface area contributed by atoms with Gasteiger partial charge >= 0.3 is 0 Å². The number of amides is 1. The smallest absolute Gasteiger partial charge is 0.238 e. The van der Waals surface area contributed by atoms with Gasteiger partial charge in [0.15, 0.2) is 0 Å². The summed E-state index contributed by atoms with van der Waals surface area (Å²) in [5.74, 6) is 0.141. The van der Waals surface area contributed by atoms with Crippen LogP contribution in [0.3, 0.4) is 0 Å². The van der Waals surface area contributed by atoms with E-state index in [9.17, 15) is 15.0 Å². The number of benzene rings is 1. The first-order valence-corrected chi connectivity index (χ1v) is 5.82. The number of carbonyl (C=O) groups is 1. The SMILES string of the molecule is CC(NC(C)c1cc(O)ccc1O)C(=O)N(C)C. The van der Waals surface area contributed by atoms with Gasteiger partial charge < -0.3 is 15.1 Å². The lowest BCUT2D eigenvalue weighted by molar-refractivity contribution is -0.130. The van der Waals surface area contributed by atoms with Gasteiger partial charge in [0, 0.05) is 25.7 Å². The molecular formula is C13H20N2O3. The number of phenols is 2. The number of aromatic hydroxyl groups is 2. The first kappa shape index (κ1) is 14.3. The Bertz CT molecular complexity index is 432. The Kier molecular flexibility index (Phi) is 4.55. The van der Waals surface area contributed by atoms with Gasteiger partial charge in [0.05, 0.1) is 6.04 Å². The van der Waals surface area contributed by atoms with Crippen molar-refractivity contribution in [3.8, 4) is 11.5 Å². The first-order valence-electron chi connectivity index (χ1n) is 5.82. The minimum Gasteiger partial charge on any atom is -0.508 e. The second-order valence-electron chi connectivity index (χ2n) is 4.59. The molecule has 1 amide bonds. The number of hydrogen-bond donors (Lipinski definition) is 3. The molecule has 2 unspecified atom stereocenters. The Morgan fingerprint density at radius 1 is 1.28 bits per heavy atom. The predicted molar refractivity (Wildman–Crippen MR) is 69.5 cm³/mol. The van der Waals surface area contributed by atoms with E-state index in [2.05, 4.69) is 5.32 Å². The molecule has 3 N–H and O–H groups in total. The lowest BCUT2D eigenvalue weighted by Gasteiger charge is -2.23. The topological polar surface area (TPSA) is 72.8 Å². The van der Waals surface area contributed by atoms with Gasteiger partial charge in [-0.25, -0.2) is 0 Å². The average molecular weight is 252 g/mol. The van der Waals surface area contributed by atoms with Crippen molar-refractivity contribution in [1.82, 2.24) is 10.2 Å². The van der Waals surface area contributed by atoms with Gasteiger partial charge in [0.1, 0.15) is 11.5 Å². The van der Waals surface area contributed by atoms with Gasteiger partial charge in [-0.2, -0.15) is 0 Å². The van der Waals surface area contributed by atoms with Crippen LogP contribution in [0.5, 0.6) is 11.5 Å². The van der Waals surface area contributed by atoms with Crippen LogP contribution in [0, 0.1) is 0 Å². The van der Waals surface area contributed by atoms with Crippen LogP contribution >= 0.6 is 0 Å². The molecule has 0 aliphatic carbocycles. The molecule has 1 aromatic carbocycles. The highest BCUT2D eigenvalue weighted by Crippen LogP contribution is 2.27. The molecule has 0 aliphatic heterocycles. The highest BCUT2D eigenvalue weighted by Gasteiger charge is 2.19. The van der Waals surface area contributed by atoms with Crippen molar-refractivity contribution in [2.24, 2.45) is 0 Å². The normalized spacial score (nSPS) is 14.0. The van der Waals surface area contributed by atoms with Crippen LogP contribution in [0.25, 0.3) is 0 Å². The standard InChI is InChI=1S/C13H20N2O3/c1-8(14-9(2)13(18)15(3)4)11-7-10(16)5-6-12(11)17/h5-9,14,16-17H,1-4H3. The van der Waals surface area contributed by atoms with Crippen molar-refractivity contribution in [2.75, 3.05) is 14.1 Å². The molecule has 2 atom stereocenters. The maximum atomic E-state index is 11.7. The van der Waals surface area contributed by atoms with Crippen LogP contribution in [-0.4, -0.2) is 41.2 Å². The van der Waals surface area contributed by atoms with E-state index in [1.165, 1.54) is 23.1 Å². The number of nitrogens with zero attached hydrogens (tertiary/aromatic N) is 1. The number of rotatable bonds is 4. The number of carbonyl (C=O) groups excluding carboxylic acids is 1. The van der Waals surface area contributed by atoms with Crippen molar-refractivity contribution >= 4 is 5.91 Å². The van der Waals surface area contributed by atoms with Crippen LogP contribution in [0.15, 0.2) is 18.2 Å². The predicted octanol–water partition coefficient (Wildman–Crippen LogP) is 1.23. The zero-order chi connectivity index (χ0) is 13.9. The third kappa shape index (κ3) is 3.37. The monoisotopic (exact) mass is 252 g/mol. The summed E-state index contributed by atoms with van der Waals surface area (Å²) in [6, 6.07) is 3.73. The van der Waals surface area contributed by atoms with Gasteiger partial charge in [0.25, 0.3) is 0 Å². The van der Waals surface area contributed by atoms with Crippen LogP contribution in [-0.2, 0) is 4.79 Å². The maximum absolute atomic E-state index is 11.7. The third-order valence-corrected chi connectivity index (χ3v) is 2.79. The van der Waals surface area contributed by atoms with Crippen molar-refractivity contribution in [3.63, 3.8) is 0 Å². The summed E-state index contributed by atoms with van der Waals surface area (Å²) in [6.45, 7) is 3.59. The summed E-state index contributed by atoms with van der Waals surface area (Å²) < 4.78 is 0. The van der Waals surface area contributed by atoms with Gasteiger partial charge in [0.2, 0.25) is 5.91 Å². The van der Waals surface area contributed by atoms with E-state index in [4.69, 9.17) is 0 Å². The number of nitrogens with one attached hydrogen (secondary N) is 1. The van der Waals surface area contributed by atoms with Gasteiger partial charge in [-0.05, 0) is 32.0 Å². The highest BCUT2D eigenvalue weighted by atomic mass is 16.3. The van der Waals surface area contributed by atoms with E-state index in [0.29, 0.717) is 5.56 Å². The number of hydrogen-bond acceptors (Lipinski definition) is 4. The minimum atomic E-state index is -0.364. The van der Waals surface area contributed by atoms with Crippen molar-refractivity contribution in [3.05, 3.63) is 23.8 Å². The molecular weight excluding hydrogens is 232 g/mol. The van der Waals surface area contributed by atoms with E-state index in [0.717, 1.165) is 0 Å². The van der Waals surface area contributed by atoms with E-state index >= 15 is 0 Å². The Labute approximate surface area is 107 Å². The summed E-state index contributed by atoms with van der Waals surface area (Å²) in [6.07, 6.45) is 0. The van der Waals surface area contributed by atoms with E-state index in [-0.39, 0.29) is 29.5 Å². The Hall–Kier alpha value is -1.75. The second-order valence-corrected chi connectivity index (χ2v) is 4.59. The molecule has 0 spiro atoms. The molecule has 1 aromatic rings. The Balaban J connectivity index is 2.79. The van der Waals surface area contributed by atoms with Crippen LogP contribution in [0.4, 0.5) is 0 Å². The molecule has 0 fully saturated rings. The molecule has 5 heteroatoms. The van der Waals surface area contributed by atoms with Gasteiger partial charge in [-0.1, -0.05) is 0 Å². The lowest BCUT2D eigenvalue weighted by Crippen LogP contribution is -2.42. The summed E-state index contributed by atoms with van der Waals surface area (Å²) in [5.41, 5.74) is 0.563. The average Bonchev–Trinajstić information content (AvgIpc) is 2.30. The molecule has 0 saturated heterocycles. The van der Waals surface area contributed by atoms with Gasteiger partial charge in [-0.15, -0.1) is 0 Å². The molecule has 5 nitrogen and oxygen atoms in total. The summed E-state index contributed by atoms with van der Waals surface area (Å²) >= 11 is 0. The fraction of sp³-hybridized carbons (Fsp3) is 0.462. The van der Waals surface area contributed by atoms with E-state index < -0.39 is 0 Å². The summed E-state index contributed by atoms with van der Waals surface area (Å²) in [5, 5.41) is 22.2. The number of phenolic OH excluding ortho intramolecular Hbond substituents is 2. The van der Waals surface area contributed by atoms with E-state index in [1.54, 1.807) is 21.0 Å². The largest absolute Gasteiger partial charge is 0.508 e. The maximum Gasteiger partial charge on any atom is 0.238 e. The molecule has 0 radical (unpaired) electrons. The second kappa shape index (κ2) is 5.73. The first-order chi connectivity index (χ1) is 8.32. The van der Waals surface area contributed by atoms with Crippen LogP contribution in [0.1, 0.15) is 25.5 Å². The zero-order valence-corrected chi connectivity index (χ0v) is 11.1. The van der Waals surface area contributed by atoms with Crippen molar-refractivity contribution in [1.29, 1.82) is 0 Å². The lowest BCUT2D eigenvalue weighted by atomic mass is 10.1. The van der Waals surface area contributed by atoms with Crippen molar-refractivity contribution < 1.29 is 15.0 Å². The molecule has 18 heavy (non-hydrogen) atoms. The quantitative estimate of drug-likeness (QED) is 0.705. The summed E-state index contributed by atoms with van der Waals surface area (Å²) in [7, 11) is 3.38. The molecule has 100 valence electrons. The molecule has 0 aliphatic rings. The molecule has 1 rings (SSSR count). The number of likely N-dealkylation sites (N-methyl/N-ethyl adjacent to an activating group) is 1. The third-order valence-electron chi connectivity index (χ3n) is 2.79. The Morgan fingerprint density at radius 3 is 2.44 bits per heavy atom.